The van der Waals surface area contributed by atoms with Crippen LogP contribution in [0.3, 0.4) is 0 Å². The van der Waals surface area contributed by atoms with Crippen LogP contribution in [0.4, 0.5) is 0 Å². The maximum atomic E-state index is 5.67. The Labute approximate surface area is 82.0 Å². The first kappa shape index (κ1) is 11.0. The smallest absolute Gasteiger partial charge is 0.0802 e. The molecule has 0 atom stereocenters. The largest absolute Gasteiger partial charge is 0.377 e. The molecular weight excluding hydrogens is 162 g/mol. The molecule has 0 unspecified atom stereocenters. The van der Waals surface area contributed by atoms with E-state index in [4.69, 9.17) is 4.74 Å². The number of methoxy groups -OCH3 is 1. The van der Waals surface area contributed by atoms with E-state index in [1.54, 1.807) is 0 Å². The van der Waals surface area contributed by atoms with Gasteiger partial charge in [0.05, 0.1) is 5.60 Å². The highest BCUT2D eigenvalue weighted by molar-refractivity contribution is 4.86. The van der Waals surface area contributed by atoms with Gasteiger partial charge in [0.1, 0.15) is 0 Å². The van der Waals surface area contributed by atoms with Crippen LogP contribution in [0.5, 0.6) is 0 Å². The first-order valence-corrected chi connectivity index (χ1v) is 5.47. The number of nitrogens with one attached hydrogen (secondary N) is 1. The van der Waals surface area contributed by atoms with Crippen LogP contribution >= 0.6 is 0 Å². The highest BCUT2D eigenvalue weighted by Crippen LogP contribution is 2.30. The maximum Gasteiger partial charge on any atom is 0.0802 e. The lowest BCUT2D eigenvalue weighted by molar-refractivity contribution is -0.0386. The number of ether oxygens (including phenoxy) is 1. The molecule has 2 heteroatoms. The van der Waals surface area contributed by atoms with Crippen molar-refractivity contribution in [1.82, 2.24) is 5.32 Å². The summed E-state index contributed by atoms with van der Waals surface area (Å²) in [6, 6.07) is 0.564. The molecule has 13 heavy (non-hydrogen) atoms. The number of rotatable bonds is 4. The molecule has 0 bridgehead atoms. The third-order valence-corrected chi connectivity index (χ3v) is 3.03. The summed E-state index contributed by atoms with van der Waals surface area (Å²) in [5.74, 6) is 0. The summed E-state index contributed by atoms with van der Waals surface area (Å²) in [6.45, 7) is 5.39. The van der Waals surface area contributed by atoms with Crippen molar-refractivity contribution >= 4 is 0 Å². The third-order valence-electron chi connectivity index (χ3n) is 3.03. The molecule has 0 aromatic carbocycles. The van der Waals surface area contributed by atoms with Gasteiger partial charge in [-0.2, -0.15) is 0 Å². The summed E-state index contributed by atoms with van der Waals surface area (Å²) in [4.78, 5) is 0. The zero-order valence-electron chi connectivity index (χ0n) is 9.23. The minimum Gasteiger partial charge on any atom is -0.377 e. The summed E-state index contributed by atoms with van der Waals surface area (Å²) < 4.78 is 5.67. The van der Waals surface area contributed by atoms with E-state index in [0.717, 1.165) is 6.54 Å². The average Bonchev–Trinajstić information content (AvgIpc) is 2.16. The second-order valence-electron chi connectivity index (χ2n) is 4.48. The van der Waals surface area contributed by atoms with Gasteiger partial charge in [-0.25, -0.2) is 0 Å². The highest BCUT2D eigenvalue weighted by Gasteiger charge is 2.31. The van der Waals surface area contributed by atoms with Crippen molar-refractivity contribution in [2.24, 2.45) is 0 Å². The Morgan fingerprint density at radius 2 is 1.85 bits per heavy atom. The molecule has 1 aliphatic rings. The second kappa shape index (κ2) is 4.97. The molecule has 2 nitrogen and oxygen atoms in total. The minimum absolute atomic E-state index is 0.141. The van der Waals surface area contributed by atoms with Crippen molar-refractivity contribution in [3.05, 3.63) is 0 Å². The van der Waals surface area contributed by atoms with Crippen molar-refractivity contribution in [1.29, 1.82) is 0 Å². The Kier molecular flexibility index (Phi) is 4.20. The predicted octanol–water partition coefficient (Wildman–Crippen LogP) is 2.33. The number of hydrogen-bond acceptors (Lipinski definition) is 2. The normalized spacial score (nSPS) is 22.2. The summed E-state index contributed by atoms with van der Waals surface area (Å²) in [5.41, 5.74) is 0.141. The van der Waals surface area contributed by atoms with Gasteiger partial charge >= 0.3 is 0 Å². The lowest BCUT2D eigenvalue weighted by atomic mass is 9.84. The molecule has 1 rings (SSSR count). The molecule has 78 valence electrons. The van der Waals surface area contributed by atoms with Crippen molar-refractivity contribution in [2.45, 2.75) is 57.6 Å². The molecule has 1 N–H and O–H groups in total. The predicted molar refractivity (Wildman–Crippen MR) is 56.0 cm³/mol. The summed E-state index contributed by atoms with van der Waals surface area (Å²) >= 11 is 0. The van der Waals surface area contributed by atoms with E-state index in [-0.39, 0.29) is 5.60 Å². The third kappa shape index (κ3) is 3.28. The molecule has 0 aliphatic heterocycles. The molecule has 1 aliphatic carbocycles. The van der Waals surface area contributed by atoms with Gasteiger partial charge in [0.15, 0.2) is 0 Å². The molecule has 0 spiro atoms. The zero-order valence-corrected chi connectivity index (χ0v) is 9.23. The molecule has 0 aromatic heterocycles. The van der Waals surface area contributed by atoms with Crippen molar-refractivity contribution < 1.29 is 4.74 Å². The van der Waals surface area contributed by atoms with Crippen LogP contribution in [0, 0.1) is 0 Å². The molecule has 1 saturated carbocycles. The van der Waals surface area contributed by atoms with Crippen molar-refractivity contribution in [2.75, 3.05) is 13.7 Å². The van der Waals surface area contributed by atoms with Crippen LogP contribution in [0.2, 0.25) is 0 Å². The molecule has 0 aromatic rings. The second-order valence-corrected chi connectivity index (χ2v) is 4.48. The van der Waals surface area contributed by atoms with Crippen LogP contribution in [0.1, 0.15) is 46.0 Å². The van der Waals surface area contributed by atoms with Crippen LogP contribution < -0.4 is 5.32 Å². The van der Waals surface area contributed by atoms with Crippen LogP contribution in [-0.2, 0) is 4.74 Å². The van der Waals surface area contributed by atoms with E-state index >= 15 is 0 Å². The van der Waals surface area contributed by atoms with Gasteiger partial charge < -0.3 is 10.1 Å². The van der Waals surface area contributed by atoms with Crippen LogP contribution in [0.25, 0.3) is 0 Å². The molecular formula is C11H23NO. The fourth-order valence-corrected chi connectivity index (χ4v) is 2.04. The van der Waals surface area contributed by atoms with E-state index in [1.165, 1.54) is 32.1 Å². The fraction of sp³-hybridized carbons (Fsp3) is 1.00. The Morgan fingerprint density at radius 1 is 1.23 bits per heavy atom. The van der Waals surface area contributed by atoms with E-state index in [1.807, 2.05) is 7.11 Å². The van der Waals surface area contributed by atoms with E-state index in [0.29, 0.717) is 6.04 Å². The first-order valence-electron chi connectivity index (χ1n) is 5.47. The molecule has 1 fully saturated rings. The summed E-state index contributed by atoms with van der Waals surface area (Å²) in [7, 11) is 1.85. The van der Waals surface area contributed by atoms with E-state index < -0.39 is 0 Å². The summed E-state index contributed by atoms with van der Waals surface area (Å²) in [5, 5.41) is 3.48. The Balaban J connectivity index is 2.38. The zero-order chi connectivity index (χ0) is 9.73. The van der Waals surface area contributed by atoms with Gasteiger partial charge in [0, 0.05) is 19.7 Å². The van der Waals surface area contributed by atoms with Gasteiger partial charge in [-0.15, -0.1) is 0 Å². The van der Waals surface area contributed by atoms with Crippen molar-refractivity contribution in [3.63, 3.8) is 0 Å². The summed E-state index contributed by atoms with van der Waals surface area (Å²) in [6.07, 6.45) is 6.49. The Hall–Kier alpha value is -0.0800. The average molecular weight is 185 g/mol. The standard InChI is InChI=1S/C11H23NO/c1-10(2)12-9-11(13-3)7-5-4-6-8-11/h10,12H,4-9H2,1-3H3. The maximum absolute atomic E-state index is 5.67. The van der Waals surface area contributed by atoms with Gasteiger partial charge in [0.25, 0.3) is 0 Å². The first-order chi connectivity index (χ1) is 6.18. The SMILES string of the molecule is COC1(CNC(C)C)CCCCC1. The highest BCUT2D eigenvalue weighted by atomic mass is 16.5. The van der Waals surface area contributed by atoms with Crippen molar-refractivity contribution in [3.8, 4) is 0 Å². The molecule has 0 amide bonds. The topological polar surface area (TPSA) is 21.3 Å². The van der Waals surface area contributed by atoms with Gasteiger partial charge in [0.2, 0.25) is 0 Å². The van der Waals surface area contributed by atoms with Gasteiger partial charge in [-0.3, -0.25) is 0 Å². The molecule has 0 radical (unpaired) electrons. The molecule has 0 heterocycles. The minimum atomic E-state index is 0.141. The van der Waals surface area contributed by atoms with Gasteiger partial charge in [-0.1, -0.05) is 33.1 Å². The van der Waals surface area contributed by atoms with Crippen LogP contribution in [-0.4, -0.2) is 25.3 Å². The lowest BCUT2D eigenvalue weighted by Gasteiger charge is -2.36. The van der Waals surface area contributed by atoms with Gasteiger partial charge in [-0.05, 0) is 12.8 Å². The molecule has 0 saturated heterocycles. The van der Waals surface area contributed by atoms with E-state index in [9.17, 15) is 0 Å². The fourth-order valence-electron chi connectivity index (χ4n) is 2.04. The lowest BCUT2D eigenvalue weighted by Crippen LogP contribution is -2.45. The quantitative estimate of drug-likeness (QED) is 0.726. The Bertz CT molecular complexity index is 139. The van der Waals surface area contributed by atoms with Crippen LogP contribution in [0.15, 0.2) is 0 Å². The monoisotopic (exact) mass is 185 g/mol. The number of hydrogen-bond donors (Lipinski definition) is 1. The Morgan fingerprint density at radius 3 is 2.31 bits per heavy atom. The van der Waals surface area contributed by atoms with E-state index in [2.05, 4.69) is 19.2 Å².